The Morgan fingerprint density at radius 1 is 1.21 bits per heavy atom. The first-order chi connectivity index (χ1) is 8.46. The van der Waals surface area contributed by atoms with Crippen LogP contribution in [-0.2, 0) is 0 Å². The van der Waals surface area contributed by atoms with Gasteiger partial charge in [-0.1, -0.05) is 6.42 Å². The summed E-state index contributed by atoms with van der Waals surface area (Å²) in [6, 6.07) is 2.86. The monoisotopic (exact) mass is 299 g/mol. The van der Waals surface area contributed by atoms with Gasteiger partial charge in [0.1, 0.15) is 11.6 Å². The van der Waals surface area contributed by atoms with Crippen LogP contribution in [0.3, 0.4) is 0 Å². The SMILES string of the molecule is Cl.Fc1ccc(OC(F)(F)F)cc1[C@@H]1CCCCN1. The molecule has 1 aliphatic rings. The number of ether oxygens (including phenoxy) is 1. The fraction of sp³-hybridized carbons (Fsp3) is 0.500. The van der Waals surface area contributed by atoms with Crippen molar-refractivity contribution in [3.8, 4) is 5.75 Å². The standard InChI is InChI=1S/C12H13F4NO.ClH/c13-10-5-4-8(18-12(14,15)16)7-9(10)11-3-1-2-6-17-11;/h4-5,7,11,17H,1-3,6H2;1H/t11-;/m0./s1. The average molecular weight is 300 g/mol. The van der Waals surface area contributed by atoms with Crippen LogP contribution in [-0.4, -0.2) is 12.9 Å². The van der Waals surface area contributed by atoms with Crippen LogP contribution in [0.15, 0.2) is 18.2 Å². The largest absolute Gasteiger partial charge is 0.573 e. The van der Waals surface area contributed by atoms with Gasteiger partial charge in [0.15, 0.2) is 0 Å². The van der Waals surface area contributed by atoms with Crippen LogP contribution < -0.4 is 10.1 Å². The molecule has 1 fully saturated rings. The van der Waals surface area contributed by atoms with E-state index in [-0.39, 0.29) is 29.8 Å². The van der Waals surface area contributed by atoms with E-state index in [9.17, 15) is 17.6 Å². The lowest BCUT2D eigenvalue weighted by atomic mass is 9.97. The van der Waals surface area contributed by atoms with Crippen LogP contribution in [0.5, 0.6) is 5.75 Å². The molecule has 1 saturated heterocycles. The highest BCUT2D eigenvalue weighted by molar-refractivity contribution is 5.85. The zero-order chi connectivity index (χ0) is 13.2. The third-order valence-corrected chi connectivity index (χ3v) is 2.89. The number of hydrogen-bond donors (Lipinski definition) is 1. The molecule has 1 aromatic rings. The van der Waals surface area contributed by atoms with Crippen molar-refractivity contribution in [2.45, 2.75) is 31.7 Å². The number of rotatable bonds is 2. The summed E-state index contributed by atoms with van der Waals surface area (Å²) >= 11 is 0. The van der Waals surface area contributed by atoms with Gasteiger partial charge in [-0.3, -0.25) is 0 Å². The van der Waals surface area contributed by atoms with Crippen molar-refractivity contribution < 1.29 is 22.3 Å². The molecule has 2 nitrogen and oxygen atoms in total. The summed E-state index contributed by atoms with van der Waals surface area (Å²) in [5, 5.41) is 3.09. The average Bonchev–Trinajstić information content (AvgIpc) is 2.31. The Balaban J connectivity index is 0.00000180. The number of piperidine rings is 1. The van der Waals surface area contributed by atoms with E-state index in [1.54, 1.807) is 0 Å². The summed E-state index contributed by atoms with van der Waals surface area (Å²) in [6.07, 6.45) is -2.11. The minimum atomic E-state index is -4.75. The van der Waals surface area contributed by atoms with Gasteiger partial charge in [-0.15, -0.1) is 25.6 Å². The van der Waals surface area contributed by atoms with Gasteiger partial charge in [0.05, 0.1) is 0 Å². The summed E-state index contributed by atoms with van der Waals surface area (Å²) in [4.78, 5) is 0. The third kappa shape index (κ3) is 4.54. The zero-order valence-electron chi connectivity index (χ0n) is 9.97. The van der Waals surface area contributed by atoms with Crippen molar-refractivity contribution >= 4 is 12.4 Å². The molecule has 1 N–H and O–H groups in total. The van der Waals surface area contributed by atoms with Crippen LogP contribution in [0.2, 0.25) is 0 Å². The quantitative estimate of drug-likeness (QED) is 0.835. The molecule has 0 aliphatic carbocycles. The molecule has 2 rings (SSSR count). The summed E-state index contributed by atoms with van der Waals surface area (Å²) in [6.45, 7) is 0.745. The van der Waals surface area contributed by atoms with Crippen LogP contribution >= 0.6 is 12.4 Å². The van der Waals surface area contributed by atoms with Crippen molar-refractivity contribution in [3.05, 3.63) is 29.6 Å². The molecule has 0 bridgehead atoms. The highest BCUT2D eigenvalue weighted by atomic mass is 35.5. The van der Waals surface area contributed by atoms with E-state index in [1.165, 1.54) is 0 Å². The van der Waals surface area contributed by atoms with Gasteiger partial charge in [-0.25, -0.2) is 4.39 Å². The van der Waals surface area contributed by atoms with Crippen molar-refractivity contribution in [2.24, 2.45) is 0 Å². The molecule has 0 aromatic heterocycles. The second-order valence-electron chi connectivity index (χ2n) is 4.23. The van der Waals surface area contributed by atoms with Crippen molar-refractivity contribution in [3.63, 3.8) is 0 Å². The highest BCUT2D eigenvalue weighted by Gasteiger charge is 2.31. The van der Waals surface area contributed by atoms with E-state index >= 15 is 0 Å². The van der Waals surface area contributed by atoms with E-state index in [2.05, 4.69) is 10.1 Å². The molecule has 108 valence electrons. The summed E-state index contributed by atoms with van der Waals surface area (Å²) in [7, 11) is 0. The Morgan fingerprint density at radius 2 is 1.95 bits per heavy atom. The lowest BCUT2D eigenvalue weighted by Crippen LogP contribution is -2.27. The molecular formula is C12H14ClF4NO. The van der Waals surface area contributed by atoms with Gasteiger partial charge in [-0.2, -0.15) is 0 Å². The van der Waals surface area contributed by atoms with E-state index in [0.29, 0.717) is 6.42 Å². The van der Waals surface area contributed by atoms with Crippen LogP contribution in [0.4, 0.5) is 17.6 Å². The van der Waals surface area contributed by atoms with Gasteiger partial charge < -0.3 is 10.1 Å². The molecule has 1 aliphatic heterocycles. The molecule has 19 heavy (non-hydrogen) atoms. The number of hydrogen-bond acceptors (Lipinski definition) is 2. The number of nitrogens with one attached hydrogen (secondary N) is 1. The molecule has 7 heteroatoms. The van der Waals surface area contributed by atoms with Gasteiger partial charge in [-0.05, 0) is 37.6 Å². The molecule has 0 amide bonds. The first-order valence-electron chi connectivity index (χ1n) is 5.74. The molecule has 1 aromatic carbocycles. The Morgan fingerprint density at radius 3 is 2.53 bits per heavy atom. The molecule has 1 atom stereocenters. The molecule has 1 heterocycles. The van der Waals surface area contributed by atoms with Gasteiger partial charge in [0.25, 0.3) is 0 Å². The zero-order valence-corrected chi connectivity index (χ0v) is 10.8. The predicted molar refractivity (Wildman–Crippen MR) is 64.9 cm³/mol. The normalized spacial score (nSPS) is 19.7. The highest BCUT2D eigenvalue weighted by Crippen LogP contribution is 2.30. The molecular weight excluding hydrogens is 286 g/mol. The van der Waals surface area contributed by atoms with E-state index < -0.39 is 12.2 Å². The van der Waals surface area contributed by atoms with Crippen LogP contribution in [0, 0.1) is 5.82 Å². The Bertz CT molecular complexity index is 419. The molecule has 0 unspecified atom stereocenters. The van der Waals surface area contributed by atoms with Crippen molar-refractivity contribution in [2.75, 3.05) is 6.54 Å². The summed E-state index contributed by atoms with van der Waals surface area (Å²) < 4.78 is 53.7. The minimum absolute atomic E-state index is 0. The smallest absolute Gasteiger partial charge is 0.406 e. The van der Waals surface area contributed by atoms with E-state index in [4.69, 9.17) is 0 Å². The van der Waals surface area contributed by atoms with Crippen molar-refractivity contribution in [1.82, 2.24) is 5.32 Å². The topological polar surface area (TPSA) is 21.3 Å². The minimum Gasteiger partial charge on any atom is -0.406 e. The molecule has 0 spiro atoms. The lowest BCUT2D eigenvalue weighted by molar-refractivity contribution is -0.274. The second-order valence-corrected chi connectivity index (χ2v) is 4.23. The summed E-state index contributed by atoms with van der Waals surface area (Å²) in [5.41, 5.74) is 0.233. The lowest BCUT2D eigenvalue weighted by Gasteiger charge is -2.24. The maximum absolute atomic E-state index is 13.6. The van der Waals surface area contributed by atoms with Gasteiger partial charge >= 0.3 is 6.36 Å². The van der Waals surface area contributed by atoms with Crippen LogP contribution in [0.1, 0.15) is 30.9 Å². The molecule has 0 saturated carbocycles. The predicted octanol–water partition coefficient (Wildman–Crippen LogP) is 3.96. The first-order valence-corrected chi connectivity index (χ1v) is 5.74. The number of halogens is 5. The second kappa shape index (κ2) is 6.43. The first kappa shape index (κ1) is 16.0. The fourth-order valence-corrected chi connectivity index (χ4v) is 2.10. The molecule has 0 radical (unpaired) electrons. The summed E-state index contributed by atoms with van der Waals surface area (Å²) in [5.74, 6) is -0.893. The fourth-order valence-electron chi connectivity index (χ4n) is 2.10. The van der Waals surface area contributed by atoms with E-state index in [1.807, 2.05) is 0 Å². The maximum atomic E-state index is 13.6. The Kier molecular flexibility index (Phi) is 5.43. The number of benzene rings is 1. The Labute approximate surface area is 114 Å². The maximum Gasteiger partial charge on any atom is 0.573 e. The third-order valence-electron chi connectivity index (χ3n) is 2.89. The van der Waals surface area contributed by atoms with Gasteiger partial charge in [0.2, 0.25) is 0 Å². The van der Waals surface area contributed by atoms with Crippen LogP contribution in [0.25, 0.3) is 0 Å². The van der Waals surface area contributed by atoms with E-state index in [0.717, 1.165) is 37.6 Å². The Hall–Kier alpha value is -1.01. The van der Waals surface area contributed by atoms with Crippen molar-refractivity contribution in [1.29, 1.82) is 0 Å². The number of alkyl halides is 3. The van der Waals surface area contributed by atoms with Gasteiger partial charge in [0, 0.05) is 11.6 Å².